The molecule has 0 spiro atoms. The van der Waals surface area contributed by atoms with Gasteiger partial charge in [0.05, 0.1) is 6.42 Å². The Morgan fingerprint density at radius 3 is 2.33 bits per heavy atom. The Bertz CT molecular complexity index is 1100. The van der Waals surface area contributed by atoms with E-state index in [-0.39, 0.29) is 24.8 Å². The number of rotatable bonds is 9. The maximum atomic E-state index is 13.6. The predicted octanol–water partition coefficient (Wildman–Crippen LogP) is 5.62. The van der Waals surface area contributed by atoms with Gasteiger partial charge in [-0.25, -0.2) is 0 Å². The molecule has 2 amide bonds. The monoisotopic (exact) mass is 482 g/mol. The summed E-state index contributed by atoms with van der Waals surface area (Å²) in [5.74, 6) is -0.331. The van der Waals surface area contributed by atoms with Gasteiger partial charge in [-0.3, -0.25) is 9.59 Å². The van der Waals surface area contributed by atoms with E-state index in [4.69, 9.17) is 23.2 Å². The highest BCUT2D eigenvalue weighted by atomic mass is 35.5. The van der Waals surface area contributed by atoms with Crippen LogP contribution in [0.3, 0.4) is 0 Å². The normalized spacial score (nSPS) is 11.6. The summed E-state index contributed by atoms with van der Waals surface area (Å²) < 4.78 is 0. The summed E-state index contributed by atoms with van der Waals surface area (Å²) in [5, 5.41) is 3.88. The van der Waals surface area contributed by atoms with Gasteiger partial charge < -0.3 is 10.2 Å². The van der Waals surface area contributed by atoms with Crippen LogP contribution in [0.4, 0.5) is 0 Å². The van der Waals surface area contributed by atoms with E-state index in [1.807, 2.05) is 68.4 Å². The predicted molar refractivity (Wildman–Crippen MR) is 135 cm³/mol. The molecule has 0 radical (unpaired) electrons. The van der Waals surface area contributed by atoms with E-state index in [0.717, 1.165) is 22.3 Å². The van der Waals surface area contributed by atoms with Gasteiger partial charge in [0.15, 0.2) is 0 Å². The Hall–Kier alpha value is -2.82. The van der Waals surface area contributed by atoms with Crippen LogP contribution in [-0.2, 0) is 29.0 Å². The lowest BCUT2D eigenvalue weighted by molar-refractivity contribution is -0.140. The van der Waals surface area contributed by atoms with E-state index in [1.165, 1.54) is 0 Å². The molecule has 0 unspecified atom stereocenters. The van der Waals surface area contributed by atoms with Crippen LogP contribution in [0.15, 0.2) is 72.8 Å². The molecule has 0 bridgehead atoms. The third kappa shape index (κ3) is 7.08. The minimum absolute atomic E-state index is 0.140. The zero-order valence-corrected chi connectivity index (χ0v) is 20.4. The van der Waals surface area contributed by atoms with Crippen molar-refractivity contribution in [2.75, 3.05) is 6.54 Å². The third-order valence-corrected chi connectivity index (χ3v) is 6.00. The molecule has 0 saturated carbocycles. The quantitative estimate of drug-likeness (QED) is 0.430. The second-order valence-electron chi connectivity index (χ2n) is 8.02. The van der Waals surface area contributed by atoms with Gasteiger partial charge in [-0.1, -0.05) is 89.4 Å². The Morgan fingerprint density at radius 1 is 0.939 bits per heavy atom. The summed E-state index contributed by atoms with van der Waals surface area (Å²) in [6.07, 6.45) is 0.592. The SMILES string of the molecule is CCNC(=O)[C@@H](Cc1ccccc1)N(Cc1ccc(Cl)cc1Cl)C(=O)Cc1cccc(C)c1. The highest BCUT2D eigenvalue weighted by molar-refractivity contribution is 6.35. The molecule has 0 fully saturated rings. The van der Waals surface area contributed by atoms with Crippen molar-refractivity contribution >= 4 is 35.0 Å². The molecule has 0 heterocycles. The Morgan fingerprint density at radius 2 is 1.67 bits per heavy atom. The van der Waals surface area contributed by atoms with Crippen LogP contribution in [0.1, 0.15) is 29.2 Å². The highest BCUT2D eigenvalue weighted by Crippen LogP contribution is 2.24. The lowest BCUT2D eigenvalue weighted by atomic mass is 10.0. The molecule has 1 N–H and O–H groups in total. The molecule has 0 aliphatic rings. The summed E-state index contributed by atoms with van der Waals surface area (Å²) in [6.45, 7) is 4.54. The van der Waals surface area contributed by atoms with Crippen LogP contribution in [0.5, 0.6) is 0 Å². The van der Waals surface area contributed by atoms with E-state index in [1.54, 1.807) is 23.1 Å². The van der Waals surface area contributed by atoms with Crippen molar-refractivity contribution in [3.05, 3.63) is 105 Å². The number of hydrogen-bond acceptors (Lipinski definition) is 2. The molecule has 0 aliphatic heterocycles. The van der Waals surface area contributed by atoms with E-state index in [9.17, 15) is 9.59 Å². The van der Waals surface area contributed by atoms with Gasteiger partial charge in [-0.2, -0.15) is 0 Å². The minimum Gasteiger partial charge on any atom is -0.355 e. The van der Waals surface area contributed by atoms with Crippen LogP contribution in [0.25, 0.3) is 0 Å². The number of carbonyl (C=O) groups excluding carboxylic acids is 2. The molecule has 3 rings (SSSR count). The average molecular weight is 483 g/mol. The fourth-order valence-electron chi connectivity index (χ4n) is 3.78. The fraction of sp³-hybridized carbons (Fsp3) is 0.259. The van der Waals surface area contributed by atoms with Crippen molar-refractivity contribution in [2.24, 2.45) is 0 Å². The first kappa shape index (κ1) is 24.8. The zero-order valence-electron chi connectivity index (χ0n) is 18.9. The second kappa shape index (κ2) is 11.9. The van der Waals surface area contributed by atoms with Crippen LogP contribution in [-0.4, -0.2) is 29.3 Å². The smallest absolute Gasteiger partial charge is 0.243 e. The van der Waals surface area contributed by atoms with Crippen LogP contribution < -0.4 is 5.32 Å². The van der Waals surface area contributed by atoms with Crippen molar-refractivity contribution in [3.8, 4) is 0 Å². The standard InChI is InChI=1S/C27H28Cl2N2O2/c1-3-30-27(33)25(15-20-9-5-4-6-10-20)31(18-22-12-13-23(28)17-24(22)29)26(32)16-21-11-7-8-19(2)14-21/h4-14,17,25H,3,15-16,18H2,1-2H3,(H,30,33)/t25-/m1/s1. The third-order valence-electron chi connectivity index (χ3n) is 5.42. The van der Waals surface area contributed by atoms with Gasteiger partial charge in [0.25, 0.3) is 0 Å². The number of nitrogens with zero attached hydrogens (tertiary/aromatic N) is 1. The van der Waals surface area contributed by atoms with Crippen LogP contribution >= 0.6 is 23.2 Å². The van der Waals surface area contributed by atoms with Crippen molar-refractivity contribution in [1.29, 1.82) is 0 Å². The number of carbonyl (C=O) groups is 2. The van der Waals surface area contributed by atoms with Crippen molar-refractivity contribution in [3.63, 3.8) is 0 Å². The molecule has 172 valence electrons. The summed E-state index contributed by atoms with van der Waals surface area (Å²) in [7, 11) is 0. The first-order valence-electron chi connectivity index (χ1n) is 11.0. The van der Waals surface area contributed by atoms with Crippen molar-refractivity contribution in [1.82, 2.24) is 10.2 Å². The lowest BCUT2D eigenvalue weighted by Crippen LogP contribution is -2.51. The number of benzene rings is 3. The molecule has 0 saturated heterocycles. The maximum Gasteiger partial charge on any atom is 0.243 e. The molecular formula is C27H28Cl2N2O2. The van der Waals surface area contributed by atoms with E-state index < -0.39 is 6.04 Å². The molecular weight excluding hydrogens is 455 g/mol. The summed E-state index contributed by atoms with van der Waals surface area (Å²) in [5.41, 5.74) is 3.70. The lowest BCUT2D eigenvalue weighted by Gasteiger charge is -2.32. The average Bonchev–Trinajstić information content (AvgIpc) is 2.78. The van der Waals surface area contributed by atoms with Gasteiger partial charge in [0, 0.05) is 29.6 Å². The molecule has 0 aliphatic carbocycles. The first-order chi connectivity index (χ1) is 15.9. The Kier molecular flexibility index (Phi) is 8.93. The fourth-order valence-corrected chi connectivity index (χ4v) is 4.25. The molecule has 0 aromatic heterocycles. The highest BCUT2D eigenvalue weighted by Gasteiger charge is 2.30. The van der Waals surface area contributed by atoms with E-state index >= 15 is 0 Å². The van der Waals surface area contributed by atoms with E-state index in [2.05, 4.69) is 5.32 Å². The first-order valence-corrected chi connectivity index (χ1v) is 11.7. The van der Waals surface area contributed by atoms with Gasteiger partial charge in [-0.15, -0.1) is 0 Å². The number of halogens is 2. The second-order valence-corrected chi connectivity index (χ2v) is 8.87. The number of hydrogen-bond donors (Lipinski definition) is 1. The summed E-state index contributed by atoms with van der Waals surface area (Å²) in [4.78, 5) is 28.4. The molecule has 4 nitrogen and oxygen atoms in total. The van der Waals surface area contributed by atoms with Gasteiger partial charge in [0.1, 0.15) is 6.04 Å². The van der Waals surface area contributed by atoms with E-state index in [0.29, 0.717) is 23.0 Å². The molecule has 33 heavy (non-hydrogen) atoms. The Balaban J connectivity index is 1.98. The van der Waals surface area contributed by atoms with Crippen molar-refractivity contribution < 1.29 is 9.59 Å². The number of aryl methyl sites for hydroxylation is 1. The minimum atomic E-state index is -0.684. The largest absolute Gasteiger partial charge is 0.355 e. The number of amides is 2. The zero-order chi connectivity index (χ0) is 23.8. The van der Waals surface area contributed by atoms with Gasteiger partial charge >= 0.3 is 0 Å². The van der Waals surface area contributed by atoms with Crippen molar-refractivity contribution in [2.45, 2.75) is 39.3 Å². The molecule has 6 heteroatoms. The van der Waals surface area contributed by atoms with Crippen LogP contribution in [0.2, 0.25) is 10.0 Å². The van der Waals surface area contributed by atoms with Crippen LogP contribution in [0, 0.1) is 6.92 Å². The summed E-state index contributed by atoms with van der Waals surface area (Å²) in [6, 6.07) is 22.1. The molecule has 1 atom stereocenters. The Labute approximate surface area is 205 Å². The van der Waals surface area contributed by atoms with Gasteiger partial charge in [-0.05, 0) is 42.7 Å². The topological polar surface area (TPSA) is 49.4 Å². The maximum absolute atomic E-state index is 13.6. The molecule has 3 aromatic rings. The molecule has 3 aromatic carbocycles. The summed E-state index contributed by atoms with van der Waals surface area (Å²) >= 11 is 12.5. The van der Waals surface area contributed by atoms with Gasteiger partial charge in [0.2, 0.25) is 11.8 Å². The number of nitrogens with one attached hydrogen (secondary N) is 1. The number of likely N-dealkylation sites (N-methyl/N-ethyl adjacent to an activating group) is 1.